The van der Waals surface area contributed by atoms with Crippen molar-refractivity contribution in [3.05, 3.63) is 35.4 Å². The lowest BCUT2D eigenvalue weighted by atomic mass is 9.74. The van der Waals surface area contributed by atoms with E-state index in [1.807, 2.05) is 0 Å². The van der Waals surface area contributed by atoms with Gasteiger partial charge in [-0.1, -0.05) is 96.4 Å². The summed E-state index contributed by atoms with van der Waals surface area (Å²) >= 11 is 0. The van der Waals surface area contributed by atoms with Crippen LogP contribution in [0.25, 0.3) is 0 Å². The molecular weight excluding hydrogens is 372 g/mol. The van der Waals surface area contributed by atoms with Crippen LogP contribution in [0.2, 0.25) is 0 Å². The minimum atomic E-state index is 0.829. The van der Waals surface area contributed by atoms with E-state index in [1.54, 1.807) is 11.1 Å². The fraction of sp³-hybridized carbons (Fsp3) is 0.806. The Bertz CT molecular complexity index is 569. The van der Waals surface area contributed by atoms with Gasteiger partial charge in [-0.3, -0.25) is 0 Å². The van der Waals surface area contributed by atoms with E-state index in [0.29, 0.717) is 0 Å². The number of hydrogen-bond donors (Lipinski definition) is 0. The van der Waals surface area contributed by atoms with Gasteiger partial charge in [-0.15, -0.1) is 0 Å². The van der Waals surface area contributed by atoms with Gasteiger partial charge in [-0.25, -0.2) is 0 Å². The van der Waals surface area contributed by atoms with Crippen LogP contribution in [-0.4, -0.2) is 0 Å². The Morgan fingerprint density at radius 2 is 1.16 bits per heavy atom. The first-order chi connectivity index (χ1) is 15.2. The van der Waals surface area contributed by atoms with Gasteiger partial charge in [-0.2, -0.15) is 0 Å². The Labute approximate surface area is 195 Å². The van der Waals surface area contributed by atoms with Crippen LogP contribution in [0.4, 0.5) is 0 Å². The molecule has 2 saturated carbocycles. The van der Waals surface area contributed by atoms with Crippen LogP contribution in [0.15, 0.2) is 24.3 Å². The summed E-state index contributed by atoms with van der Waals surface area (Å²) in [7, 11) is 0. The van der Waals surface area contributed by atoms with E-state index in [1.165, 1.54) is 109 Å². The summed E-state index contributed by atoms with van der Waals surface area (Å²) in [4.78, 5) is 0. The molecule has 176 valence electrons. The summed E-state index contributed by atoms with van der Waals surface area (Å²) in [6.07, 6.45) is 24.5. The van der Waals surface area contributed by atoms with Crippen LogP contribution in [0, 0.1) is 17.8 Å². The number of hydrogen-bond acceptors (Lipinski definition) is 0. The Morgan fingerprint density at radius 3 is 1.65 bits per heavy atom. The molecule has 0 spiro atoms. The Kier molecular flexibility index (Phi) is 11.0. The summed E-state index contributed by atoms with van der Waals surface area (Å²) in [6, 6.07) is 10.0. The van der Waals surface area contributed by atoms with Crippen molar-refractivity contribution >= 4 is 0 Å². The average Bonchev–Trinajstić information content (AvgIpc) is 2.83. The minimum Gasteiger partial charge on any atom is -0.0654 e. The van der Waals surface area contributed by atoms with Crippen molar-refractivity contribution in [2.45, 2.75) is 142 Å². The second-order valence-corrected chi connectivity index (χ2v) is 11.2. The van der Waals surface area contributed by atoms with Gasteiger partial charge < -0.3 is 0 Å². The smallest absolute Gasteiger partial charge is 0.0162 e. The predicted molar refractivity (Wildman–Crippen MR) is 138 cm³/mol. The lowest BCUT2D eigenvalue weighted by Crippen LogP contribution is -2.17. The second kappa shape index (κ2) is 13.7. The highest BCUT2D eigenvalue weighted by molar-refractivity contribution is 5.28. The van der Waals surface area contributed by atoms with Crippen LogP contribution in [0.1, 0.15) is 153 Å². The Balaban J connectivity index is 1.41. The molecule has 2 aliphatic carbocycles. The molecule has 0 aromatic heterocycles. The predicted octanol–water partition coefficient (Wildman–Crippen LogP) is 10.4. The van der Waals surface area contributed by atoms with E-state index in [9.17, 15) is 0 Å². The fourth-order valence-electron chi connectivity index (χ4n) is 6.69. The molecule has 0 bridgehead atoms. The molecule has 2 fully saturated rings. The molecule has 0 heterocycles. The molecule has 0 aliphatic heterocycles. The maximum Gasteiger partial charge on any atom is -0.0162 e. The SMILES string of the molecule is CCCCCC1CCC(c2ccc(C3CCC(CC(CC)CCCC)CC3)cc2)CC1. The minimum absolute atomic E-state index is 0.829. The van der Waals surface area contributed by atoms with Gasteiger partial charge in [-0.05, 0) is 98.5 Å². The first-order valence-corrected chi connectivity index (χ1v) is 14.3. The fourth-order valence-corrected chi connectivity index (χ4v) is 6.69. The number of unbranched alkanes of at least 4 members (excludes halogenated alkanes) is 3. The van der Waals surface area contributed by atoms with Crippen LogP contribution < -0.4 is 0 Å². The first-order valence-electron chi connectivity index (χ1n) is 14.3. The molecule has 3 rings (SSSR count). The first kappa shape index (κ1) is 24.9. The summed E-state index contributed by atoms with van der Waals surface area (Å²) in [5, 5.41) is 0. The van der Waals surface area contributed by atoms with Crippen molar-refractivity contribution in [1.29, 1.82) is 0 Å². The number of rotatable bonds is 12. The molecule has 0 nitrogen and oxygen atoms in total. The molecule has 1 unspecified atom stereocenters. The van der Waals surface area contributed by atoms with E-state index in [0.717, 1.165) is 29.6 Å². The average molecular weight is 425 g/mol. The highest BCUT2D eigenvalue weighted by atomic mass is 14.3. The molecule has 0 amide bonds. The summed E-state index contributed by atoms with van der Waals surface area (Å²) in [5.74, 6) is 4.68. The zero-order chi connectivity index (χ0) is 21.9. The van der Waals surface area contributed by atoms with Gasteiger partial charge in [0.15, 0.2) is 0 Å². The lowest BCUT2D eigenvalue weighted by Gasteiger charge is -2.32. The van der Waals surface area contributed by atoms with Crippen molar-refractivity contribution in [2.75, 3.05) is 0 Å². The van der Waals surface area contributed by atoms with Crippen molar-refractivity contribution in [3.63, 3.8) is 0 Å². The second-order valence-electron chi connectivity index (χ2n) is 11.2. The zero-order valence-corrected chi connectivity index (χ0v) is 21.2. The third-order valence-electron chi connectivity index (χ3n) is 9.00. The molecule has 0 radical (unpaired) electrons. The Morgan fingerprint density at radius 1 is 0.645 bits per heavy atom. The van der Waals surface area contributed by atoms with E-state index < -0.39 is 0 Å². The molecular formula is C31H52. The van der Waals surface area contributed by atoms with Crippen molar-refractivity contribution in [3.8, 4) is 0 Å². The maximum absolute atomic E-state index is 2.50. The third-order valence-corrected chi connectivity index (χ3v) is 9.00. The lowest BCUT2D eigenvalue weighted by molar-refractivity contribution is 0.255. The van der Waals surface area contributed by atoms with Gasteiger partial charge >= 0.3 is 0 Å². The third kappa shape index (κ3) is 7.94. The number of benzene rings is 1. The standard InChI is InChI=1S/C31H52/c1-4-7-9-11-26-12-16-28(17-13-26)30-20-22-31(23-21-30)29-18-14-27(15-19-29)24-25(6-3)10-8-5-2/h20-23,25-29H,4-19,24H2,1-3H3. The van der Waals surface area contributed by atoms with E-state index in [4.69, 9.17) is 0 Å². The molecule has 1 aromatic carbocycles. The molecule has 1 atom stereocenters. The van der Waals surface area contributed by atoms with Gasteiger partial charge in [0.25, 0.3) is 0 Å². The molecule has 2 aliphatic rings. The molecule has 31 heavy (non-hydrogen) atoms. The topological polar surface area (TPSA) is 0 Å². The largest absolute Gasteiger partial charge is 0.0654 e. The van der Waals surface area contributed by atoms with Crippen molar-refractivity contribution in [1.82, 2.24) is 0 Å². The van der Waals surface area contributed by atoms with E-state index >= 15 is 0 Å². The van der Waals surface area contributed by atoms with E-state index in [-0.39, 0.29) is 0 Å². The maximum atomic E-state index is 2.50. The highest BCUT2D eigenvalue weighted by Gasteiger charge is 2.25. The highest BCUT2D eigenvalue weighted by Crippen LogP contribution is 2.41. The van der Waals surface area contributed by atoms with Crippen LogP contribution >= 0.6 is 0 Å². The molecule has 0 heteroatoms. The summed E-state index contributed by atoms with van der Waals surface area (Å²) in [5.41, 5.74) is 3.26. The van der Waals surface area contributed by atoms with Gasteiger partial charge in [0.05, 0.1) is 0 Å². The normalized spacial score (nSPS) is 27.8. The van der Waals surface area contributed by atoms with Gasteiger partial charge in [0.2, 0.25) is 0 Å². The molecule has 1 aromatic rings. The van der Waals surface area contributed by atoms with E-state index in [2.05, 4.69) is 45.0 Å². The van der Waals surface area contributed by atoms with Crippen molar-refractivity contribution in [2.24, 2.45) is 17.8 Å². The van der Waals surface area contributed by atoms with Gasteiger partial charge in [0.1, 0.15) is 0 Å². The zero-order valence-electron chi connectivity index (χ0n) is 21.2. The molecule has 0 N–H and O–H groups in total. The van der Waals surface area contributed by atoms with Crippen LogP contribution in [0.3, 0.4) is 0 Å². The Hall–Kier alpha value is -0.780. The van der Waals surface area contributed by atoms with Crippen LogP contribution in [0.5, 0.6) is 0 Å². The summed E-state index contributed by atoms with van der Waals surface area (Å²) < 4.78 is 0. The monoisotopic (exact) mass is 424 g/mol. The quantitative estimate of drug-likeness (QED) is 0.293. The summed E-state index contributed by atoms with van der Waals surface area (Å²) in [6.45, 7) is 7.07. The van der Waals surface area contributed by atoms with Gasteiger partial charge in [0, 0.05) is 0 Å². The van der Waals surface area contributed by atoms with Crippen molar-refractivity contribution < 1.29 is 0 Å². The molecule has 0 saturated heterocycles. The van der Waals surface area contributed by atoms with Crippen LogP contribution in [-0.2, 0) is 0 Å².